The molecule has 1 N–H and O–H groups in total. The number of aromatic hydroxyl groups is 1. The van der Waals surface area contributed by atoms with Gasteiger partial charge in [0, 0.05) is 11.5 Å². The number of ether oxygens (including phenoxy) is 3. The predicted octanol–water partition coefficient (Wildman–Crippen LogP) is 3.23. The van der Waals surface area contributed by atoms with Gasteiger partial charge in [-0.1, -0.05) is 24.3 Å². The lowest BCUT2D eigenvalue weighted by atomic mass is 10.00. The standard InChI is InChI=1S/C17H18O4/c1-19-16-8-4-12(5-9-16)14-10-20-17(21-11-14)13-2-6-15(18)7-3-13/h2-9,14,17-18H,10-11H2,1H3. The molecule has 21 heavy (non-hydrogen) atoms. The van der Waals surface area contributed by atoms with Gasteiger partial charge in [-0.3, -0.25) is 0 Å². The van der Waals surface area contributed by atoms with Crippen LogP contribution in [0.15, 0.2) is 48.5 Å². The van der Waals surface area contributed by atoms with Crippen LogP contribution in [-0.2, 0) is 9.47 Å². The molecule has 0 spiro atoms. The summed E-state index contributed by atoms with van der Waals surface area (Å²) in [5, 5.41) is 9.30. The molecular weight excluding hydrogens is 268 g/mol. The summed E-state index contributed by atoms with van der Waals surface area (Å²) in [7, 11) is 1.66. The van der Waals surface area contributed by atoms with Crippen LogP contribution in [0, 0.1) is 0 Å². The monoisotopic (exact) mass is 286 g/mol. The summed E-state index contributed by atoms with van der Waals surface area (Å²) in [6.45, 7) is 1.22. The fourth-order valence-electron chi connectivity index (χ4n) is 2.40. The molecule has 3 rings (SSSR count). The number of phenolic OH excluding ortho intramolecular Hbond substituents is 1. The number of hydrogen-bond donors (Lipinski definition) is 1. The summed E-state index contributed by atoms with van der Waals surface area (Å²) in [5.74, 6) is 1.31. The highest BCUT2D eigenvalue weighted by atomic mass is 16.7. The van der Waals surface area contributed by atoms with Gasteiger partial charge in [0.25, 0.3) is 0 Å². The molecular formula is C17H18O4. The van der Waals surface area contributed by atoms with Gasteiger partial charge in [-0.25, -0.2) is 0 Å². The highest BCUT2D eigenvalue weighted by Crippen LogP contribution is 2.31. The van der Waals surface area contributed by atoms with Gasteiger partial charge in [0.1, 0.15) is 11.5 Å². The van der Waals surface area contributed by atoms with Gasteiger partial charge in [0.05, 0.1) is 20.3 Å². The van der Waals surface area contributed by atoms with E-state index in [-0.39, 0.29) is 18.0 Å². The van der Waals surface area contributed by atoms with E-state index >= 15 is 0 Å². The third-order valence-corrected chi connectivity index (χ3v) is 3.65. The molecule has 0 saturated carbocycles. The fourth-order valence-corrected chi connectivity index (χ4v) is 2.40. The summed E-state index contributed by atoms with van der Waals surface area (Å²) in [4.78, 5) is 0. The van der Waals surface area contributed by atoms with Crippen LogP contribution in [0.1, 0.15) is 23.3 Å². The molecule has 0 aromatic heterocycles. The normalized spacial score (nSPS) is 22.0. The van der Waals surface area contributed by atoms with Crippen LogP contribution in [0.4, 0.5) is 0 Å². The van der Waals surface area contributed by atoms with Gasteiger partial charge < -0.3 is 19.3 Å². The van der Waals surface area contributed by atoms with E-state index in [9.17, 15) is 5.11 Å². The molecule has 0 aliphatic carbocycles. The average molecular weight is 286 g/mol. The molecule has 1 fully saturated rings. The van der Waals surface area contributed by atoms with E-state index in [0.29, 0.717) is 13.2 Å². The minimum atomic E-state index is -0.361. The van der Waals surface area contributed by atoms with E-state index in [2.05, 4.69) is 0 Å². The Morgan fingerprint density at radius 1 is 0.905 bits per heavy atom. The Balaban J connectivity index is 1.62. The van der Waals surface area contributed by atoms with Crippen molar-refractivity contribution in [3.8, 4) is 11.5 Å². The zero-order valence-corrected chi connectivity index (χ0v) is 11.9. The summed E-state index contributed by atoms with van der Waals surface area (Å²) in [6.07, 6.45) is -0.361. The maximum atomic E-state index is 9.30. The van der Waals surface area contributed by atoms with Gasteiger partial charge >= 0.3 is 0 Å². The van der Waals surface area contributed by atoms with Crippen LogP contribution in [0.2, 0.25) is 0 Å². The van der Waals surface area contributed by atoms with Crippen molar-refractivity contribution in [2.24, 2.45) is 0 Å². The summed E-state index contributed by atoms with van der Waals surface area (Å²) >= 11 is 0. The molecule has 0 radical (unpaired) electrons. The van der Waals surface area contributed by atoms with E-state index < -0.39 is 0 Å². The molecule has 4 nitrogen and oxygen atoms in total. The molecule has 0 bridgehead atoms. The molecule has 0 amide bonds. The number of rotatable bonds is 3. The maximum absolute atomic E-state index is 9.30. The number of benzene rings is 2. The first-order chi connectivity index (χ1) is 10.3. The van der Waals surface area contributed by atoms with Crippen molar-refractivity contribution in [2.75, 3.05) is 20.3 Å². The Kier molecular flexibility index (Phi) is 4.08. The molecule has 0 atom stereocenters. The van der Waals surface area contributed by atoms with Gasteiger partial charge in [-0.2, -0.15) is 0 Å². The zero-order chi connectivity index (χ0) is 14.7. The van der Waals surface area contributed by atoms with Crippen molar-refractivity contribution in [3.63, 3.8) is 0 Å². The van der Waals surface area contributed by atoms with E-state index in [4.69, 9.17) is 14.2 Å². The van der Waals surface area contributed by atoms with Crippen molar-refractivity contribution in [1.82, 2.24) is 0 Å². The first-order valence-electron chi connectivity index (χ1n) is 6.92. The quantitative estimate of drug-likeness (QED) is 0.941. The Morgan fingerprint density at radius 2 is 1.48 bits per heavy atom. The lowest BCUT2D eigenvalue weighted by molar-refractivity contribution is -0.191. The third kappa shape index (κ3) is 3.17. The van der Waals surface area contributed by atoms with E-state index in [1.165, 1.54) is 5.56 Å². The Labute approximate surface area is 123 Å². The van der Waals surface area contributed by atoms with Crippen LogP contribution in [0.3, 0.4) is 0 Å². The summed E-state index contributed by atoms with van der Waals surface area (Å²) < 4.78 is 16.7. The van der Waals surface area contributed by atoms with Crippen LogP contribution in [-0.4, -0.2) is 25.4 Å². The lowest BCUT2D eigenvalue weighted by Gasteiger charge is -2.30. The van der Waals surface area contributed by atoms with Gasteiger partial charge in [-0.15, -0.1) is 0 Å². The second kappa shape index (κ2) is 6.16. The summed E-state index contributed by atoms with van der Waals surface area (Å²) in [6, 6.07) is 14.9. The van der Waals surface area contributed by atoms with Gasteiger partial charge in [0.2, 0.25) is 0 Å². The van der Waals surface area contributed by atoms with Crippen LogP contribution in [0.5, 0.6) is 11.5 Å². The second-order valence-electron chi connectivity index (χ2n) is 5.06. The Morgan fingerprint density at radius 3 is 2.05 bits per heavy atom. The minimum Gasteiger partial charge on any atom is -0.508 e. The van der Waals surface area contributed by atoms with Crippen molar-refractivity contribution in [3.05, 3.63) is 59.7 Å². The predicted molar refractivity (Wildman–Crippen MR) is 78.5 cm³/mol. The first-order valence-corrected chi connectivity index (χ1v) is 6.92. The molecule has 110 valence electrons. The topological polar surface area (TPSA) is 47.9 Å². The van der Waals surface area contributed by atoms with Gasteiger partial charge in [0.15, 0.2) is 6.29 Å². The van der Waals surface area contributed by atoms with E-state index in [0.717, 1.165) is 11.3 Å². The third-order valence-electron chi connectivity index (χ3n) is 3.65. The SMILES string of the molecule is COc1ccc(C2COC(c3ccc(O)cc3)OC2)cc1. The largest absolute Gasteiger partial charge is 0.508 e. The lowest BCUT2D eigenvalue weighted by Crippen LogP contribution is -2.25. The molecule has 2 aromatic carbocycles. The minimum absolute atomic E-state index is 0.226. The van der Waals surface area contributed by atoms with E-state index in [1.54, 1.807) is 19.2 Å². The number of phenols is 1. The van der Waals surface area contributed by atoms with Crippen LogP contribution in [0.25, 0.3) is 0 Å². The molecule has 2 aromatic rings. The average Bonchev–Trinajstić information content (AvgIpc) is 2.56. The van der Waals surface area contributed by atoms with Gasteiger partial charge in [-0.05, 0) is 29.8 Å². The maximum Gasteiger partial charge on any atom is 0.183 e. The molecule has 1 heterocycles. The van der Waals surface area contributed by atoms with Crippen molar-refractivity contribution in [1.29, 1.82) is 0 Å². The molecule has 1 saturated heterocycles. The highest BCUT2D eigenvalue weighted by Gasteiger charge is 2.24. The second-order valence-corrected chi connectivity index (χ2v) is 5.06. The molecule has 1 aliphatic rings. The van der Waals surface area contributed by atoms with Crippen molar-refractivity contribution in [2.45, 2.75) is 12.2 Å². The Bertz CT molecular complexity index is 569. The number of hydrogen-bond acceptors (Lipinski definition) is 4. The van der Waals surface area contributed by atoms with Crippen LogP contribution < -0.4 is 4.74 Å². The van der Waals surface area contributed by atoms with Crippen LogP contribution >= 0.6 is 0 Å². The number of methoxy groups -OCH3 is 1. The highest BCUT2D eigenvalue weighted by molar-refractivity contribution is 5.30. The summed E-state index contributed by atoms with van der Waals surface area (Å²) in [5.41, 5.74) is 2.10. The zero-order valence-electron chi connectivity index (χ0n) is 11.9. The smallest absolute Gasteiger partial charge is 0.183 e. The fraction of sp³-hybridized carbons (Fsp3) is 0.294. The first kappa shape index (κ1) is 13.9. The molecule has 4 heteroatoms. The Hall–Kier alpha value is -2.04. The molecule has 0 unspecified atom stereocenters. The van der Waals surface area contributed by atoms with Crippen molar-refractivity contribution < 1.29 is 19.3 Å². The van der Waals surface area contributed by atoms with Crippen molar-refractivity contribution >= 4 is 0 Å². The van der Waals surface area contributed by atoms with E-state index in [1.807, 2.05) is 36.4 Å². The molecule has 1 aliphatic heterocycles.